The molecular formula is C15H23N5O5S2. The fraction of sp³-hybridized carbons (Fsp3) is 0.600. The van der Waals surface area contributed by atoms with E-state index in [4.69, 9.17) is 5.73 Å². The van der Waals surface area contributed by atoms with Crippen LogP contribution in [0.5, 0.6) is 0 Å². The summed E-state index contributed by atoms with van der Waals surface area (Å²) in [5.41, 5.74) is 5.78. The van der Waals surface area contributed by atoms with Gasteiger partial charge in [-0.2, -0.15) is 0 Å². The van der Waals surface area contributed by atoms with Gasteiger partial charge >= 0.3 is 11.8 Å². The lowest BCUT2D eigenvalue weighted by atomic mass is 10.2. The SMILES string of the molecule is CN1CCc2nc(C(=O)N[C@H](CCS(C)(=O)=O)CNC(=O)C(N)=O)sc2C1. The normalized spacial score (nSPS) is 15.6. The molecule has 1 atom stereocenters. The number of thiazole rings is 1. The van der Waals surface area contributed by atoms with Gasteiger partial charge in [-0.05, 0) is 13.5 Å². The van der Waals surface area contributed by atoms with Crippen molar-refractivity contribution in [3.05, 3.63) is 15.6 Å². The number of hydrogen-bond donors (Lipinski definition) is 3. The summed E-state index contributed by atoms with van der Waals surface area (Å²) in [7, 11) is -1.27. The standard InChI is InChI=1S/C15H23N5O5S2/c1-20-5-3-10-11(8-20)26-15(19-10)14(23)18-9(4-6-27(2,24)25)7-17-13(22)12(16)21/h9H,3-8H2,1-2H3,(H2,16,21)(H,17,22)(H,18,23)/t9-/m1/s1. The van der Waals surface area contributed by atoms with Gasteiger partial charge in [0.25, 0.3) is 5.91 Å². The summed E-state index contributed by atoms with van der Waals surface area (Å²) in [6.45, 7) is 1.48. The van der Waals surface area contributed by atoms with Gasteiger partial charge in [0.2, 0.25) is 0 Å². The number of sulfone groups is 1. The molecule has 1 aromatic rings. The van der Waals surface area contributed by atoms with Crippen molar-refractivity contribution in [3.8, 4) is 0 Å². The van der Waals surface area contributed by atoms with E-state index < -0.39 is 33.6 Å². The molecule has 3 amide bonds. The topological polar surface area (TPSA) is 152 Å². The Morgan fingerprint density at radius 3 is 2.70 bits per heavy atom. The van der Waals surface area contributed by atoms with Crippen molar-refractivity contribution in [2.45, 2.75) is 25.4 Å². The summed E-state index contributed by atoms with van der Waals surface area (Å²) in [4.78, 5) is 42.2. The zero-order chi connectivity index (χ0) is 20.2. The molecule has 0 spiro atoms. The number of rotatable bonds is 7. The van der Waals surface area contributed by atoms with Gasteiger partial charge in [0.15, 0.2) is 5.01 Å². The number of aromatic nitrogens is 1. The monoisotopic (exact) mass is 417 g/mol. The maximum Gasteiger partial charge on any atom is 0.309 e. The number of nitrogens with zero attached hydrogens (tertiary/aromatic N) is 2. The van der Waals surface area contributed by atoms with Crippen molar-refractivity contribution in [2.75, 3.05) is 32.1 Å². The Morgan fingerprint density at radius 2 is 2.07 bits per heavy atom. The van der Waals surface area contributed by atoms with Gasteiger partial charge in [0.1, 0.15) is 9.84 Å². The number of carbonyl (C=O) groups is 3. The Hall–Kier alpha value is -2.05. The number of fused-ring (bicyclic) bond motifs is 1. The van der Waals surface area contributed by atoms with E-state index >= 15 is 0 Å². The minimum absolute atomic E-state index is 0.0808. The average molecular weight is 418 g/mol. The molecular weight excluding hydrogens is 394 g/mol. The van der Waals surface area contributed by atoms with Gasteiger partial charge in [-0.1, -0.05) is 0 Å². The van der Waals surface area contributed by atoms with E-state index in [0.29, 0.717) is 5.01 Å². The van der Waals surface area contributed by atoms with Crippen LogP contribution in [0.15, 0.2) is 0 Å². The number of carbonyl (C=O) groups excluding carboxylic acids is 3. The van der Waals surface area contributed by atoms with E-state index in [-0.39, 0.29) is 18.7 Å². The van der Waals surface area contributed by atoms with Crippen molar-refractivity contribution in [2.24, 2.45) is 5.73 Å². The lowest BCUT2D eigenvalue weighted by Crippen LogP contribution is -2.47. The molecule has 2 heterocycles. The third kappa shape index (κ3) is 6.56. The lowest BCUT2D eigenvalue weighted by Gasteiger charge is -2.20. The molecule has 4 N–H and O–H groups in total. The highest BCUT2D eigenvalue weighted by molar-refractivity contribution is 7.90. The van der Waals surface area contributed by atoms with E-state index in [9.17, 15) is 22.8 Å². The first kappa shape index (κ1) is 21.3. The molecule has 1 aromatic heterocycles. The molecule has 0 aliphatic carbocycles. The van der Waals surface area contributed by atoms with Crippen molar-refractivity contribution in [1.29, 1.82) is 0 Å². The molecule has 0 bridgehead atoms. The van der Waals surface area contributed by atoms with Crippen LogP contribution < -0.4 is 16.4 Å². The second-order valence-corrected chi connectivity index (χ2v) is 9.88. The minimum atomic E-state index is -3.26. The van der Waals surface area contributed by atoms with Crippen LogP contribution in [0.25, 0.3) is 0 Å². The molecule has 0 saturated heterocycles. The van der Waals surface area contributed by atoms with Crippen LogP contribution in [-0.4, -0.2) is 74.2 Å². The van der Waals surface area contributed by atoms with E-state index in [1.165, 1.54) is 11.3 Å². The Labute approximate surface area is 161 Å². The van der Waals surface area contributed by atoms with Crippen LogP contribution in [0.4, 0.5) is 0 Å². The summed E-state index contributed by atoms with van der Waals surface area (Å²) in [5, 5.41) is 5.26. The first-order valence-corrected chi connectivity index (χ1v) is 11.2. The molecule has 1 aliphatic heterocycles. The predicted molar refractivity (Wildman–Crippen MR) is 99.9 cm³/mol. The first-order chi connectivity index (χ1) is 12.5. The van der Waals surface area contributed by atoms with Crippen molar-refractivity contribution in [1.82, 2.24) is 20.5 Å². The molecule has 10 nitrogen and oxygen atoms in total. The van der Waals surface area contributed by atoms with Crippen molar-refractivity contribution < 1.29 is 22.8 Å². The van der Waals surface area contributed by atoms with Gasteiger partial charge in [-0.25, -0.2) is 13.4 Å². The molecule has 12 heteroatoms. The van der Waals surface area contributed by atoms with Gasteiger partial charge in [-0.15, -0.1) is 11.3 Å². The Balaban J connectivity index is 2.05. The number of likely N-dealkylation sites (N-methyl/N-ethyl adjacent to an activating group) is 1. The lowest BCUT2D eigenvalue weighted by molar-refractivity contribution is -0.137. The summed E-state index contributed by atoms with van der Waals surface area (Å²) < 4.78 is 22.8. The second-order valence-electron chi connectivity index (χ2n) is 6.54. The molecule has 2 rings (SSSR count). The number of amides is 3. The van der Waals surface area contributed by atoms with Crippen molar-refractivity contribution in [3.63, 3.8) is 0 Å². The largest absolute Gasteiger partial charge is 0.361 e. The smallest absolute Gasteiger partial charge is 0.309 e. The third-order valence-electron chi connectivity index (χ3n) is 4.02. The van der Waals surface area contributed by atoms with Crippen LogP contribution in [0.2, 0.25) is 0 Å². The molecule has 0 aromatic carbocycles. The maximum absolute atomic E-state index is 12.5. The predicted octanol–water partition coefficient (Wildman–Crippen LogP) is -1.73. The second kappa shape index (κ2) is 8.76. The quantitative estimate of drug-likeness (QED) is 0.446. The summed E-state index contributed by atoms with van der Waals surface area (Å²) in [5.74, 6) is -2.77. The van der Waals surface area contributed by atoms with Gasteiger partial charge in [0, 0.05) is 43.2 Å². The van der Waals surface area contributed by atoms with Crippen LogP contribution >= 0.6 is 11.3 Å². The average Bonchev–Trinajstić information content (AvgIpc) is 2.99. The zero-order valence-electron chi connectivity index (χ0n) is 15.1. The Bertz CT molecular complexity index is 836. The molecule has 27 heavy (non-hydrogen) atoms. The molecule has 0 radical (unpaired) electrons. The first-order valence-electron chi connectivity index (χ1n) is 8.28. The Kier molecular flexibility index (Phi) is 6.89. The Morgan fingerprint density at radius 1 is 1.37 bits per heavy atom. The van der Waals surface area contributed by atoms with E-state index in [2.05, 4.69) is 20.5 Å². The zero-order valence-corrected chi connectivity index (χ0v) is 16.8. The highest BCUT2D eigenvalue weighted by Crippen LogP contribution is 2.24. The van der Waals surface area contributed by atoms with E-state index in [1.54, 1.807) is 0 Å². The highest BCUT2D eigenvalue weighted by Gasteiger charge is 2.24. The summed E-state index contributed by atoms with van der Waals surface area (Å²) in [6.07, 6.45) is 1.93. The highest BCUT2D eigenvalue weighted by atomic mass is 32.2. The van der Waals surface area contributed by atoms with Gasteiger partial charge in [-0.3, -0.25) is 14.4 Å². The molecule has 0 fully saturated rings. The number of primary amides is 1. The molecule has 0 unspecified atom stereocenters. The van der Waals surface area contributed by atoms with Gasteiger partial charge < -0.3 is 21.3 Å². The number of nitrogens with one attached hydrogen (secondary N) is 2. The number of nitrogens with two attached hydrogens (primary N) is 1. The molecule has 150 valence electrons. The third-order valence-corrected chi connectivity index (χ3v) is 6.08. The van der Waals surface area contributed by atoms with E-state index in [0.717, 1.165) is 36.3 Å². The fourth-order valence-corrected chi connectivity index (χ4v) is 4.36. The maximum atomic E-state index is 12.5. The van der Waals surface area contributed by atoms with Crippen LogP contribution in [0, 0.1) is 0 Å². The molecule has 0 saturated carbocycles. The minimum Gasteiger partial charge on any atom is -0.361 e. The summed E-state index contributed by atoms with van der Waals surface area (Å²) in [6, 6.07) is -0.681. The summed E-state index contributed by atoms with van der Waals surface area (Å²) >= 11 is 1.30. The van der Waals surface area contributed by atoms with Crippen LogP contribution in [0.3, 0.4) is 0 Å². The van der Waals surface area contributed by atoms with Crippen LogP contribution in [-0.2, 0) is 32.4 Å². The van der Waals surface area contributed by atoms with E-state index in [1.807, 2.05) is 7.05 Å². The van der Waals surface area contributed by atoms with Crippen LogP contribution in [0.1, 0.15) is 26.8 Å². The van der Waals surface area contributed by atoms with Gasteiger partial charge in [0.05, 0.1) is 11.4 Å². The fourth-order valence-electron chi connectivity index (χ4n) is 2.55. The molecule has 1 aliphatic rings. The number of hydrogen-bond acceptors (Lipinski definition) is 8. The van der Waals surface area contributed by atoms with Crippen molar-refractivity contribution >= 4 is 38.9 Å².